The highest BCUT2D eigenvalue weighted by Gasteiger charge is 2.52. The van der Waals surface area contributed by atoms with E-state index >= 15 is 0 Å². The summed E-state index contributed by atoms with van der Waals surface area (Å²) in [6, 6.07) is 24.5. The van der Waals surface area contributed by atoms with Crippen LogP contribution in [0.2, 0.25) is 0 Å². The highest BCUT2D eigenvalue weighted by atomic mass is 15.5. The van der Waals surface area contributed by atoms with Crippen LogP contribution in [0.15, 0.2) is 60.7 Å². The van der Waals surface area contributed by atoms with Gasteiger partial charge < -0.3 is 44.8 Å². The molecule has 4 saturated heterocycles. The third-order valence-electron chi connectivity index (χ3n) is 39.0. The molecular weight excluding hydrogens is 1740 g/mol. The van der Waals surface area contributed by atoms with Crippen LogP contribution in [0.3, 0.4) is 0 Å². The van der Waals surface area contributed by atoms with Crippen molar-refractivity contribution in [2.24, 2.45) is 0 Å². The van der Waals surface area contributed by atoms with E-state index in [4.69, 9.17) is 0 Å². The molecule has 0 amide bonds. The van der Waals surface area contributed by atoms with Crippen molar-refractivity contribution in [3.8, 4) is 0 Å². The molecule has 4 aliphatic heterocycles. The minimum atomic E-state index is 0.108. The fourth-order valence-electron chi connectivity index (χ4n) is 22.8. The molecule has 11 nitrogen and oxygen atoms in total. The smallest absolute Gasteiger partial charge is 0.105 e. The molecule has 4 heterocycles. The first kappa shape index (κ1) is 132. The summed E-state index contributed by atoms with van der Waals surface area (Å²) in [5.41, 5.74) is 25.6. The van der Waals surface area contributed by atoms with Gasteiger partial charge in [0, 0.05) is 115 Å². The summed E-state index contributed by atoms with van der Waals surface area (Å²) in [6.07, 6.45) is 11.0. The second kappa shape index (κ2) is 44.9. The number of likely N-dealkylation sites (tertiary alicyclic amines) is 4. The van der Waals surface area contributed by atoms with Gasteiger partial charge in [-0.05, 0) is 319 Å². The van der Waals surface area contributed by atoms with Gasteiger partial charge in [-0.1, -0.05) is 161 Å². The van der Waals surface area contributed by atoms with Crippen molar-refractivity contribution >= 4 is 0 Å². The second-order valence-electron chi connectivity index (χ2n) is 67.6. The standard InChI is InChI=1S/C32H58N2.C28H50N2.C28H54N2.C24H46N2.C20H47N3/c1-29(2,3)27-21-25(23-33(31(7,8)9)17-13-14-18-33)28(30(4,5)6)26(22-27)24-34(32(10,11)12)19-15-16-20-34;1-26(2,3)25-23(21-29(27(4,5)6)17-10-11-18-29)15-14-16-24(25)22-30(28(7,8)9)19-12-13-20-30;1-25(2,3)23-17-21(19-29(13,14)27(7,8)9)24(26(4,5)6)22(18-23)20-30(15,16)28(10,11)12;1-22(2,3)21-19(17-25(10,11)23(4,5)6)15-14-16-20(21)18-26(12,13)24(7,8)9;1-18(2,3)21(14-16-22(10,11)19(4,5)6)15-17-23(12,13)20(7,8)9/h21-22H,13-20,23-24H2,1-12H3;14-16H,10-13,17-22H2,1-9H3;17-18H,19-20H2,1-16H3;14-16H,17-18H2,1-13H3;14-17H2,1-13H3/q5*+2. The molecule has 0 saturated carbocycles. The van der Waals surface area contributed by atoms with Crippen LogP contribution in [0.4, 0.5) is 0 Å². The first-order valence-electron chi connectivity index (χ1n) is 57.8. The molecule has 0 aliphatic carbocycles. The molecule has 0 unspecified atom stereocenters. The fourth-order valence-corrected chi connectivity index (χ4v) is 22.8. The lowest BCUT2D eigenvalue weighted by atomic mass is 9.75. The summed E-state index contributed by atoms with van der Waals surface area (Å²) in [6.45, 7) is 146. The minimum absolute atomic E-state index is 0.108. The van der Waals surface area contributed by atoms with E-state index in [-0.39, 0.29) is 82.3 Å². The van der Waals surface area contributed by atoms with Crippen LogP contribution in [-0.2, 0) is 84.8 Å². The normalized spacial score (nSPS) is 17.9. The summed E-state index contributed by atoms with van der Waals surface area (Å²) in [7, 11) is 28.4. The van der Waals surface area contributed by atoms with Crippen LogP contribution < -0.4 is 0 Å². The number of quaternary nitrogens is 10. The van der Waals surface area contributed by atoms with Crippen LogP contribution in [-0.4, -0.2) is 274 Å². The van der Waals surface area contributed by atoms with Crippen molar-refractivity contribution in [1.29, 1.82) is 0 Å². The Labute approximate surface area is 895 Å². The molecule has 0 aromatic heterocycles. The Hall–Kier alpha value is -3.56. The predicted molar refractivity (Wildman–Crippen MR) is 636 cm³/mol. The largest absolute Gasteiger partial charge is 0.323 e. The molecule has 4 aromatic rings. The lowest BCUT2D eigenvalue weighted by Gasteiger charge is -2.48. The number of benzene rings is 4. The molecule has 828 valence electrons. The number of nitrogens with zero attached hydrogens (tertiary/aromatic N) is 11. The molecule has 11 heteroatoms. The van der Waals surface area contributed by atoms with Gasteiger partial charge in [0.05, 0.1) is 205 Å². The zero-order chi connectivity index (χ0) is 112. The maximum atomic E-state index is 2.67. The lowest BCUT2D eigenvalue weighted by Crippen LogP contribution is -2.61. The molecule has 143 heavy (non-hydrogen) atoms. The summed E-state index contributed by atoms with van der Waals surface area (Å²) in [5, 5.41) is 0. The number of likely N-dealkylation sites (N-methyl/N-ethyl adjacent to an activating group) is 2. The summed E-state index contributed by atoms with van der Waals surface area (Å²) < 4.78 is 11.0. The van der Waals surface area contributed by atoms with Crippen molar-refractivity contribution in [3.63, 3.8) is 0 Å². The molecular formula is C132H255N11+10. The zero-order valence-electron chi connectivity index (χ0n) is 109. The second-order valence-corrected chi connectivity index (χ2v) is 67.6. The van der Waals surface area contributed by atoms with Gasteiger partial charge in [0.25, 0.3) is 0 Å². The Morgan fingerprint density at radius 3 is 0.559 bits per heavy atom. The molecule has 0 spiro atoms. The first-order valence-corrected chi connectivity index (χ1v) is 57.8. The fraction of sp³-hybridized carbons (Fsp3) is 0.818. The number of rotatable bonds is 22. The van der Waals surface area contributed by atoms with E-state index < -0.39 is 0 Å². The zero-order valence-corrected chi connectivity index (χ0v) is 109. The van der Waals surface area contributed by atoms with Gasteiger partial charge in [0.1, 0.15) is 52.4 Å². The van der Waals surface area contributed by atoms with Crippen molar-refractivity contribution < 1.29 is 44.8 Å². The monoisotopic (exact) mass is 2000 g/mol. The van der Waals surface area contributed by atoms with Crippen molar-refractivity contribution in [3.05, 3.63) is 139 Å². The predicted octanol–water partition coefficient (Wildman–Crippen LogP) is 31.5. The maximum absolute atomic E-state index is 2.67. The molecule has 4 fully saturated rings. The van der Waals surface area contributed by atoms with Crippen LogP contribution in [0.5, 0.6) is 0 Å². The van der Waals surface area contributed by atoms with Crippen LogP contribution in [0.1, 0.15) is 482 Å². The van der Waals surface area contributed by atoms with E-state index in [1.54, 1.807) is 44.5 Å². The van der Waals surface area contributed by atoms with Gasteiger partial charge in [-0.25, -0.2) is 0 Å². The summed E-state index contributed by atoms with van der Waals surface area (Å²) >= 11 is 0. The molecule has 0 N–H and O–H groups in total. The Bertz CT molecular complexity index is 4420. The van der Waals surface area contributed by atoms with Crippen molar-refractivity contribution in [2.75, 3.05) is 163 Å². The topological polar surface area (TPSA) is 3.24 Å². The Kier molecular flexibility index (Phi) is 41.3. The molecule has 0 atom stereocenters. The third-order valence-corrected chi connectivity index (χ3v) is 39.0. The third kappa shape index (κ3) is 33.7. The van der Waals surface area contributed by atoms with E-state index in [1.165, 1.54) is 194 Å². The maximum Gasteiger partial charge on any atom is 0.105 e. The first-order chi connectivity index (χ1) is 63.0. The average molecular weight is 2000 g/mol. The Balaban J connectivity index is 0.000000375. The highest BCUT2D eigenvalue weighted by Crippen LogP contribution is 2.48. The van der Waals surface area contributed by atoms with Crippen molar-refractivity contribution in [2.45, 2.75) is 550 Å². The van der Waals surface area contributed by atoms with Gasteiger partial charge in [0.2, 0.25) is 0 Å². The van der Waals surface area contributed by atoms with Gasteiger partial charge in [-0.2, -0.15) is 0 Å². The van der Waals surface area contributed by atoms with Gasteiger partial charge in [0.15, 0.2) is 0 Å². The van der Waals surface area contributed by atoms with E-state index in [0.29, 0.717) is 11.1 Å². The molecule has 8 rings (SSSR count). The van der Waals surface area contributed by atoms with E-state index in [1.807, 2.05) is 0 Å². The van der Waals surface area contributed by atoms with Crippen LogP contribution in [0, 0.1) is 0 Å². The van der Waals surface area contributed by atoms with E-state index in [9.17, 15) is 0 Å². The van der Waals surface area contributed by atoms with Gasteiger partial charge in [-0.15, -0.1) is 0 Å². The van der Waals surface area contributed by atoms with E-state index in [2.05, 4.69) is 503 Å². The van der Waals surface area contributed by atoms with Gasteiger partial charge >= 0.3 is 0 Å². The average Bonchev–Trinajstić information content (AvgIpc) is 1.65. The summed E-state index contributed by atoms with van der Waals surface area (Å²) in [4.78, 5) is 2.67. The Morgan fingerprint density at radius 2 is 0.378 bits per heavy atom. The SMILES string of the molecule is CC(C)(C)N(CC[N+](C)(C)C(C)(C)C)CC[N+](C)(C)C(C)(C)C.CC(C)(C)c1c(C[N+](C)(C)C(C)(C)C)cccc1C[N+](C)(C)C(C)(C)C.CC(C)(C)c1c(C[N+]2(C(C)(C)C)CCCC2)cccc1C[N+]1(C(C)(C)C)CCCC1.CC(C)(C)c1cc(C[N+](C)(C)C(C)(C)C)c(C(C)(C)C)c(C[N+](C)(C)C(C)(C)C)c1.CC(C)(C)c1cc(C[N+]2(C(C)(C)C)CCCC2)c(C(C)(C)C)c(C[N+]2(C(C)(C)C)CCCC2)c1. The molecule has 0 radical (unpaired) electrons. The number of hydrogen-bond acceptors (Lipinski definition) is 1. The van der Waals surface area contributed by atoms with Crippen molar-refractivity contribution in [1.82, 2.24) is 4.90 Å². The Morgan fingerprint density at radius 1 is 0.210 bits per heavy atom. The summed E-state index contributed by atoms with van der Waals surface area (Å²) in [5.74, 6) is 0. The lowest BCUT2D eigenvalue weighted by molar-refractivity contribution is -0.973. The van der Waals surface area contributed by atoms with Crippen LogP contribution in [0.25, 0.3) is 0 Å². The molecule has 4 aromatic carbocycles. The highest BCUT2D eigenvalue weighted by molar-refractivity contribution is 5.47. The molecule has 0 bridgehead atoms. The number of hydrogen-bond donors (Lipinski definition) is 0. The quantitative estimate of drug-likeness (QED) is 0.0709. The van der Waals surface area contributed by atoms with Gasteiger partial charge in [-0.3, -0.25) is 4.90 Å². The molecule has 4 aliphatic rings. The van der Waals surface area contributed by atoms with E-state index in [0.717, 1.165) is 66.2 Å². The minimum Gasteiger partial charge on any atom is -0.323 e. The van der Waals surface area contributed by atoms with Crippen LogP contribution >= 0.6 is 0 Å².